The predicted octanol–water partition coefficient (Wildman–Crippen LogP) is 3.30. The van der Waals surface area contributed by atoms with Crippen molar-refractivity contribution >= 4 is 23.4 Å². The van der Waals surface area contributed by atoms with Crippen LogP contribution in [-0.2, 0) is 11.2 Å². The first-order valence-corrected chi connectivity index (χ1v) is 8.37. The predicted molar refractivity (Wildman–Crippen MR) is 96.1 cm³/mol. The van der Waals surface area contributed by atoms with Crippen molar-refractivity contribution in [3.05, 3.63) is 70.5 Å². The number of rotatable bonds is 7. The van der Waals surface area contributed by atoms with E-state index in [0.717, 1.165) is 5.56 Å². The van der Waals surface area contributed by atoms with Gasteiger partial charge in [-0.3, -0.25) is 9.59 Å². The van der Waals surface area contributed by atoms with Crippen LogP contribution in [0, 0.1) is 5.82 Å². The molecule has 0 unspecified atom stereocenters. The lowest BCUT2D eigenvalue weighted by molar-refractivity contribution is -0.128. The molecule has 0 aliphatic rings. The Kier molecular flexibility index (Phi) is 6.95. The lowest BCUT2D eigenvalue weighted by atomic mass is 10.1. The molecule has 2 rings (SSSR count). The SMILES string of the molecule is CC(=O)N(CCNC(=O)c1cccc(Cl)c1)CCc1ccc(F)cc1. The first-order chi connectivity index (χ1) is 12.0. The highest BCUT2D eigenvalue weighted by molar-refractivity contribution is 6.30. The van der Waals surface area contributed by atoms with Gasteiger partial charge in [0.25, 0.3) is 5.91 Å². The van der Waals surface area contributed by atoms with Crippen LogP contribution < -0.4 is 5.32 Å². The van der Waals surface area contributed by atoms with Crippen molar-refractivity contribution in [3.63, 3.8) is 0 Å². The van der Waals surface area contributed by atoms with E-state index >= 15 is 0 Å². The molecule has 132 valence electrons. The standard InChI is InChI=1S/C19H20ClFN2O2/c1-14(24)23(11-9-15-5-7-18(21)8-6-15)12-10-22-19(25)16-3-2-4-17(20)13-16/h2-8,13H,9-12H2,1H3,(H,22,25). The van der Waals surface area contributed by atoms with Gasteiger partial charge >= 0.3 is 0 Å². The zero-order valence-electron chi connectivity index (χ0n) is 14.0. The molecule has 0 spiro atoms. The van der Waals surface area contributed by atoms with E-state index < -0.39 is 0 Å². The molecule has 0 bridgehead atoms. The molecular formula is C19H20ClFN2O2. The quantitative estimate of drug-likeness (QED) is 0.821. The Morgan fingerprint density at radius 3 is 2.48 bits per heavy atom. The number of benzene rings is 2. The summed E-state index contributed by atoms with van der Waals surface area (Å²) in [5.41, 5.74) is 1.43. The fraction of sp³-hybridized carbons (Fsp3) is 0.263. The number of hydrogen-bond acceptors (Lipinski definition) is 2. The molecule has 2 aromatic carbocycles. The Morgan fingerprint density at radius 2 is 1.84 bits per heavy atom. The van der Waals surface area contributed by atoms with E-state index in [1.165, 1.54) is 19.1 Å². The minimum Gasteiger partial charge on any atom is -0.350 e. The fourth-order valence-corrected chi connectivity index (χ4v) is 2.57. The van der Waals surface area contributed by atoms with E-state index in [2.05, 4.69) is 5.32 Å². The zero-order valence-corrected chi connectivity index (χ0v) is 14.7. The van der Waals surface area contributed by atoms with Gasteiger partial charge in [0.15, 0.2) is 0 Å². The molecule has 2 aromatic rings. The molecule has 0 aromatic heterocycles. The number of nitrogens with zero attached hydrogens (tertiary/aromatic N) is 1. The van der Waals surface area contributed by atoms with Crippen molar-refractivity contribution in [2.45, 2.75) is 13.3 Å². The molecule has 25 heavy (non-hydrogen) atoms. The molecule has 2 amide bonds. The van der Waals surface area contributed by atoms with Crippen LogP contribution in [-0.4, -0.2) is 36.3 Å². The van der Waals surface area contributed by atoms with Crippen molar-refractivity contribution < 1.29 is 14.0 Å². The third kappa shape index (κ3) is 6.19. The molecule has 0 aliphatic carbocycles. The van der Waals surface area contributed by atoms with Gasteiger partial charge in [-0.1, -0.05) is 29.8 Å². The molecule has 4 nitrogen and oxygen atoms in total. The summed E-state index contributed by atoms with van der Waals surface area (Å²) in [6.07, 6.45) is 0.627. The molecule has 0 atom stereocenters. The summed E-state index contributed by atoms with van der Waals surface area (Å²) in [5.74, 6) is -0.584. The molecule has 0 heterocycles. The Balaban J connectivity index is 1.82. The second-order valence-corrected chi connectivity index (χ2v) is 6.09. The Bertz CT molecular complexity index is 734. The highest BCUT2D eigenvalue weighted by Crippen LogP contribution is 2.10. The van der Waals surface area contributed by atoms with E-state index in [1.807, 2.05) is 0 Å². The first kappa shape index (κ1) is 18.9. The van der Waals surface area contributed by atoms with Gasteiger partial charge in [0.2, 0.25) is 5.91 Å². The molecule has 0 saturated carbocycles. The van der Waals surface area contributed by atoms with Crippen LogP contribution in [0.25, 0.3) is 0 Å². The van der Waals surface area contributed by atoms with E-state index in [-0.39, 0.29) is 17.6 Å². The topological polar surface area (TPSA) is 49.4 Å². The lowest BCUT2D eigenvalue weighted by Crippen LogP contribution is -2.38. The van der Waals surface area contributed by atoms with Crippen molar-refractivity contribution in [1.29, 1.82) is 0 Å². The molecule has 0 fully saturated rings. The maximum absolute atomic E-state index is 12.9. The zero-order chi connectivity index (χ0) is 18.2. The molecule has 1 N–H and O–H groups in total. The third-order valence-corrected chi connectivity index (χ3v) is 4.02. The highest BCUT2D eigenvalue weighted by Gasteiger charge is 2.10. The molecular weight excluding hydrogens is 343 g/mol. The molecule has 0 saturated heterocycles. The Morgan fingerprint density at radius 1 is 1.12 bits per heavy atom. The summed E-state index contributed by atoms with van der Waals surface area (Å²) in [6, 6.07) is 12.9. The fourth-order valence-electron chi connectivity index (χ4n) is 2.38. The van der Waals surface area contributed by atoms with Crippen molar-refractivity contribution in [2.24, 2.45) is 0 Å². The van der Waals surface area contributed by atoms with Gasteiger partial charge in [-0.25, -0.2) is 4.39 Å². The second kappa shape index (κ2) is 9.18. The lowest BCUT2D eigenvalue weighted by Gasteiger charge is -2.21. The third-order valence-electron chi connectivity index (χ3n) is 3.78. The minimum absolute atomic E-state index is 0.0703. The molecule has 0 radical (unpaired) electrons. The maximum Gasteiger partial charge on any atom is 0.251 e. The first-order valence-electron chi connectivity index (χ1n) is 7.99. The van der Waals surface area contributed by atoms with Crippen LogP contribution in [0.3, 0.4) is 0 Å². The maximum atomic E-state index is 12.9. The largest absolute Gasteiger partial charge is 0.350 e. The average molecular weight is 363 g/mol. The minimum atomic E-state index is -0.282. The molecule has 6 heteroatoms. The number of nitrogens with one attached hydrogen (secondary N) is 1. The summed E-state index contributed by atoms with van der Waals surface area (Å²) in [4.78, 5) is 25.5. The van der Waals surface area contributed by atoms with Gasteiger partial charge < -0.3 is 10.2 Å². The van der Waals surface area contributed by atoms with Crippen LogP contribution in [0.2, 0.25) is 5.02 Å². The summed E-state index contributed by atoms with van der Waals surface area (Å²) in [6.45, 7) is 2.74. The van der Waals surface area contributed by atoms with Crippen LogP contribution in [0.1, 0.15) is 22.8 Å². The van der Waals surface area contributed by atoms with Gasteiger partial charge in [-0.15, -0.1) is 0 Å². The number of amides is 2. The summed E-state index contributed by atoms with van der Waals surface area (Å²) in [5, 5.41) is 3.27. The van der Waals surface area contributed by atoms with Gasteiger partial charge in [0, 0.05) is 37.1 Å². The number of carbonyl (C=O) groups excluding carboxylic acids is 2. The summed E-state index contributed by atoms with van der Waals surface area (Å²) in [7, 11) is 0. The Hall–Kier alpha value is -2.40. The second-order valence-electron chi connectivity index (χ2n) is 5.65. The Labute approximate surface area is 151 Å². The van der Waals surface area contributed by atoms with Crippen LogP contribution in [0.15, 0.2) is 48.5 Å². The number of carbonyl (C=O) groups is 2. The van der Waals surface area contributed by atoms with Gasteiger partial charge in [0.1, 0.15) is 5.82 Å². The van der Waals surface area contributed by atoms with Crippen LogP contribution in [0.4, 0.5) is 4.39 Å². The van der Waals surface area contributed by atoms with Crippen molar-refractivity contribution in [3.8, 4) is 0 Å². The number of hydrogen-bond donors (Lipinski definition) is 1. The summed E-state index contributed by atoms with van der Waals surface area (Å²) < 4.78 is 12.9. The highest BCUT2D eigenvalue weighted by atomic mass is 35.5. The average Bonchev–Trinajstić information content (AvgIpc) is 2.59. The van der Waals surface area contributed by atoms with Crippen LogP contribution >= 0.6 is 11.6 Å². The monoisotopic (exact) mass is 362 g/mol. The number of halogens is 2. The van der Waals surface area contributed by atoms with E-state index in [9.17, 15) is 14.0 Å². The van der Waals surface area contributed by atoms with Gasteiger partial charge in [0.05, 0.1) is 0 Å². The van der Waals surface area contributed by atoms with Gasteiger partial charge in [-0.2, -0.15) is 0 Å². The summed E-state index contributed by atoms with van der Waals surface area (Å²) >= 11 is 5.87. The van der Waals surface area contributed by atoms with Crippen molar-refractivity contribution in [2.75, 3.05) is 19.6 Å². The van der Waals surface area contributed by atoms with Crippen molar-refractivity contribution in [1.82, 2.24) is 10.2 Å². The van der Waals surface area contributed by atoms with Crippen LogP contribution in [0.5, 0.6) is 0 Å². The van der Waals surface area contributed by atoms with E-state index in [4.69, 9.17) is 11.6 Å². The normalized spacial score (nSPS) is 10.4. The van der Waals surface area contributed by atoms with E-state index in [1.54, 1.807) is 41.3 Å². The molecule has 0 aliphatic heterocycles. The smallest absolute Gasteiger partial charge is 0.251 e. The van der Waals surface area contributed by atoms with Gasteiger partial charge in [-0.05, 0) is 42.3 Å². The van der Waals surface area contributed by atoms with E-state index in [0.29, 0.717) is 36.6 Å².